The fraction of sp³-hybridized carbons (Fsp3) is 0.170. The number of ether oxygens (including phenoxy) is 1. The number of aryl methyl sites for hydroxylation is 2. The zero-order valence-electron chi connectivity index (χ0n) is 77.6. The summed E-state index contributed by atoms with van der Waals surface area (Å²) in [6, 6.07) is 66.7. The van der Waals surface area contributed by atoms with Crippen molar-refractivity contribution in [3.8, 4) is 61.4 Å². The van der Waals surface area contributed by atoms with E-state index in [0.717, 1.165) is 136 Å². The average molecular weight is 1890 g/mol. The van der Waals surface area contributed by atoms with Crippen LogP contribution in [-0.2, 0) is 85.5 Å². The first-order chi connectivity index (χ1) is 68.4. The Kier molecular flexibility index (Phi) is 25.2. The second-order valence-corrected chi connectivity index (χ2v) is 35.7. The highest BCUT2D eigenvalue weighted by molar-refractivity contribution is 6.01. The van der Waals surface area contributed by atoms with Crippen molar-refractivity contribution in [2.45, 2.75) is 85.3 Å². The molecule has 0 spiro atoms. The SMILES string of the molecule is CN(C)c1ccc(-c2ccc(CN3Cc4ncccc4C3=O)c(F)c2)cn1.CN1CCc2cc(-c3cc(F)c(CN4Cc5ncccc5C4=O)c(F)c3)ccc21.COc1cc(-c2cccc3nn(C)cc23)ccc1CN1Cc2ncccc2C1=O.Cc1c[nH]c2ccc(-c3cc(F)c(CN4Cc5ncccc5C4=O)c(F)c3)cc12.O=C1c2cccnc2CN1Cc1ccc(-c2ccc3c(c2)CN=C3)cc1F. The Balaban J connectivity index is 0.000000108. The molecule has 0 saturated carbocycles. The van der Waals surface area contributed by atoms with E-state index in [0.29, 0.717) is 94.2 Å². The average Bonchev–Trinajstić information content (AvgIpc) is 1.66. The Morgan fingerprint density at radius 2 is 0.816 bits per heavy atom. The molecule has 0 bridgehead atoms. The third-order valence-electron chi connectivity index (χ3n) is 26.4. The number of halogens is 6. The molecule has 0 aliphatic carbocycles. The Hall–Kier alpha value is -17.1. The van der Waals surface area contributed by atoms with Crippen molar-refractivity contribution in [1.29, 1.82) is 0 Å². The normalized spacial score (nSPS) is 13.8. The van der Waals surface area contributed by atoms with Gasteiger partial charge in [-0.1, -0.05) is 72.8 Å². The zero-order chi connectivity index (χ0) is 97.5. The maximum atomic E-state index is 14.8. The van der Waals surface area contributed by atoms with Gasteiger partial charge in [0.25, 0.3) is 29.5 Å². The van der Waals surface area contributed by atoms with Crippen LogP contribution in [0.25, 0.3) is 77.4 Å². The van der Waals surface area contributed by atoms with E-state index in [1.54, 1.807) is 132 Å². The van der Waals surface area contributed by atoms with Crippen LogP contribution in [0.3, 0.4) is 0 Å². The summed E-state index contributed by atoms with van der Waals surface area (Å²) in [5, 5.41) is 6.60. The number of aliphatic imine (C=N–C) groups is 1. The van der Waals surface area contributed by atoms with Crippen molar-refractivity contribution in [1.82, 2.24) is 69.2 Å². The van der Waals surface area contributed by atoms with Crippen LogP contribution < -0.4 is 14.5 Å². The highest BCUT2D eigenvalue weighted by Gasteiger charge is 2.36. The molecule has 23 nitrogen and oxygen atoms in total. The van der Waals surface area contributed by atoms with Gasteiger partial charge in [-0.05, 0) is 237 Å². The summed E-state index contributed by atoms with van der Waals surface area (Å²) >= 11 is 0. The number of rotatable bonds is 17. The van der Waals surface area contributed by atoms with E-state index in [4.69, 9.17) is 4.74 Å². The number of methoxy groups -OCH3 is 1. The molecule has 1 N–H and O–H groups in total. The molecular weight excluding hydrogens is 1790 g/mol. The predicted molar refractivity (Wildman–Crippen MR) is 526 cm³/mol. The molecule has 0 radical (unpaired) electrons. The molecule has 17 aromatic rings. The lowest BCUT2D eigenvalue weighted by atomic mass is 9.99. The smallest absolute Gasteiger partial charge is 0.256 e. The molecule has 24 rings (SSSR count). The number of amides is 5. The van der Waals surface area contributed by atoms with Gasteiger partial charge in [0.05, 0.1) is 128 Å². The Morgan fingerprint density at radius 3 is 1.30 bits per heavy atom. The Morgan fingerprint density at radius 1 is 0.397 bits per heavy atom. The highest BCUT2D eigenvalue weighted by atomic mass is 19.2. The van der Waals surface area contributed by atoms with E-state index >= 15 is 0 Å². The predicted octanol–water partition coefficient (Wildman–Crippen LogP) is 20.4. The molecular formula is C112H91F6N17O6. The number of H-pyrrole nitrogens is 1. The van der Waals surface area contributed by atoms with Crippen molar-refractivity contribution in [2.24, 2.45) is 12.0 Å². The zero-order valence-corrected chi connectivity index (χ0v) is 77.6. The highest BCUT2D eigenvalue weighted by Crippen LogP contribution is 2.40. The van der Waals surface area contributed by atoms with Crippen LogP contribution in [-0.4, -0.2) is 140 Å². The number of likely N-dealkylation sites (N-methyl/N-ethyl adjacent to an activating group) is 1. The topological polar surface area (TPSA) is 241 Å². The number of hydrogen-bond donors (Lipinski definition) is 1. The van der Waals surface area contributed by atoms with Crippen LogP contribution in [0.5, 0.6) is 5.75 Å². The lowest BCUT2D eigenvalue weighted by molar-refractivity contribution is 0.0755. The quantitative estimate of drug-likeness (QED) is 0.0834. The largest absolute Gasteiger partial charge is 0.496 e. The summed E-state index contributed by atoms with van der Waals surface area (Å²) in [6.07, 6.45) is 16.7. The second-order valence-electron chi connectivity index (χ2n) is 35.7. The number of anilines is 2. The monoisotopic (exact) mass is 1880 g/mol. The molecule has 0 fully saturated rings. The second kappa shape index (κ2) is 38.8. The van der Waals surface area contributed by atoms with E-state index in [-0.39, 0.29) is 91.6 Å². The molecule has 141 heavy (non-hydrogen) atoms. The van der Waals surface area contributed by atoms with Crippen LogP contribution >= 0.6 is 0 Å². The molecule has 29 heteroatoms. The molecule has 702 valence electrons. The van der Waals surface area contributed by atoms with Gasteiger partial charge >= 0.3 is 0 Å². The molecule has 0 atom stereocenters. The van der Waals surface area contributed by atoms with Gasteiger partial charge in [-0.25, -0.2) is 31.3 Å². The van der Waals surface area contributed by atoms with Gasteiger partial charge in [0.2, 0.25) is 0 Å². The van der Waals surface area contributed by atoms with Crippen molar-refractivity contribution in [3.63, 3.8) is 0 Å². The van der Waals surface area contributed by atoms with E-state index in [9.17, 15) is 50.3 Å². The minimum atomic E-state index is -0.664. The van der Waals surface area contributed by atoms with Gasteiger partial charge < -0.3 is 44.0 Å². The molecule has 8 aromatic heterocycles. The molecule has 7 aliphatic heterocycles. The van der Waals surface area contributed by atoms with E-state index in [1.807, 2.05) is 166 Å². The van der Waals surface area contributed by atoms with Crippen LogP contribution in [0.1, 0.15) is 130 Å². The molecule has 15 heterocycles. The Labute approximate surface area is 807 Å². The summed E-state index contributed by atoms with van der Waals surface area (Å²) < 4.78 is 96.3. The number of fused-ring (bicyclic) bond motifs is 9. The van der Waals surface area contributed by atoms with E-state index < -0.39 is 23.3 Å². The summed E-state index contributed by atoms with van der Waals surface area (Å²) in [6.45, 7) is 6.14. The first-order valence-corrected chi connectivity index (χ1v) is 45.9. The van der Waals surface area contributed by atoms with Crippen molar-refractivity contribution in [3.05, 3.63) is 415 Å². The van der Waals surface area contributed by atoms with Gasteiger partial charge in [-0.15, -0.1) is 0 Å². The first kappa shape index (κ1) is 91.6. The number of aromatic amines is 1. The number of nitrogens with zero attached hydrogens (tertiary/aromatic N) is 16. The molecule has 0 unspecified atom stereocenters. The van der Waals surface area contributed by atoms with Crippen LogP contribution in [0.2, 0.25) is 0 Å². The Bertz CT molecular complexity index is 7860. The van der Waals surface area contributed by atoms with Gasteiger partial charge in [0.15, 0.2) is 0 Å². The van der Waals surface area contributed by atoms with Gasteiger partial charge in [0.1, 0.15) is 46.5 Å². The molecule has 7 aliphatic rings. The standard InChI is InChI=1S/C23H19F2N3O.C23H17F2N3O.C23H20N4O2.C22H16FN3O.C21H19FN4O/c1-27-8-6-15-9-14(4-5-22(15)27)16-10-19(24)18(20(25)11-16)12-28-13-21-17(23(28)29)3-2-7-26-21;1-13-10-27-21-5-4-14(7-17(13)21)15-8-19(24)18(20(25)9-15)11-28-12-22-16(23(28)29)3-2-6-26-22;1-26-13-19-17(5-3-7-20(19)25-26)15-8-9-16(22(11-15)29-2)12-27-14-21-18(23(27)28)6-4-10-24-21;23-20-9-15(14-3-5-16-10-24-11-18(16)8-14)4-6-17(20)12-26-13-21-19(22(26)27)2-1-7-25-21;1-25(2)20-8-7-15(11-24-20)14-5-6-16(18(22)10-14)12-26-13-19-17(21(26)27)4-3-9-23-19/h2-5,7,9-11H,6,8,12-13H2,1H3;2-10,27H,11-12H2,1H3;3-11,13H,12,14H2,1-2H3;1-10H,11-13H2;3-11H,12-13H2,1-2H3. The van der Waals surface area contributed by atoms with Gasteiger partial charge in [-0.2, -0.15) is 5.10 Å². The number of aromatic nitrogens is 9. The number of carbonyl (C=O) groups is 5. The minimum absolute atomic E-state index is 0.0133. The van der Waals surface area contributed by atoms with Gasteiger partial charge in [0, 0.05) is 159 Å². The molecule has 9 aromatic carbocycles. The fourth-order valence-electron chi connectivity index (χ4n) is 18.9. The maximum Gasteiger partial charge on any atom is 0.256 e. The summed E-state index contributed by atoms with van der Waals surface area (Å²) in [7, 11) is 9.46. The number of benzene rings is 9. The van der Waals surface area contributed by atoms with Crippen LogP contribution in [0.15, 0.2) is 279 Å². The van der Waals surface area contributed by atoms with Crippen molar-refractivity contribution >= 4 is 69.1 Å². The van der Waals surface area contributed by atoms with Crippen LogP contribution in [0.4, 0.5) is 37.8 Å². The summed E-state index contributed by atoms with van der Waals surface area (Å²) in [5.74, 6) is -2.35. The van der Waals surface area contributed by atoms with Crippen LogP contribution in [0, 0.1) is 41.8 Å². The number of nitrogens with one attached hydrogen (secondary N) is 1. The van der Waals surface area contributed by atoms with Crippen molar-refractivity contribution in [2.75, 3.05) is 44.6 Å². The molecule has 5 amide bonds. The fourth-order valence-corrected chi connectivity index (χ4v) is 18.9. The lowest BCUT2D eigenvalue weighted by Crippen LogP contribution is -2.24. The first-order valence-electron chi connectivity index (χ1n) is 45.9. The number of pyridine rings is 6. The van der Waals surface area contributed by atoms with Gasteiger partial charge in [-0.3, -0.25) is 58.6 Å². The minimum Gasteiger partial charge on any atom is -0.496 e. The maximum absolute atomic E-state index is 14.8. The molecule has 0 saturated heterocycles. The van der Waals surface area contributed by atoms with Crippen molar-refractivity contribution < 1.29 is 55.1 Å². The summed E-state index contributed by atoms with van der Waals surface area (Å²) in [4.78, 5) is 107. The third-order valence-corrected chi connectivity index (χ3v) is 26.4. The number of hydrogen-bond acceptors (Lipinski definition) is 16. The summed E-state index contributed by atoms with van der Waals surface area (Å²) in [5.41, 5.74) is 23.9. The van der Waals surface area contributed by atoms with E-state index in [2.05, 4.69) is 68.1 Å². The van der Waals surface area contributed by atoms with E-state index in [1.165, 1.54) is 45.7 Å². The lowest BCUT2D eigenvalue weighted by Gasteiger charge is -2.18. The third kappa shape index (κ3) is 18.7. The number of carbonyl (C=O) groups excluding carboxylic acids is 5.